The molecule has 3 heterocycles. The van der Waals surface area contributed by atoms with Crippen molar-refractivity contribution in [2.45, 2.75) is 180 Å². The van der Waals surface area contributed by atoms with Crippen LogP contribution in [0.1, 0.15) is 132 Å². The molecule has 3 aliphatic heterocycles. The quantitative estimate of drug-likeness (QED) is 0.184. The number of carbonyl (C=O) groups is 4. The van der Waals surface area contributed by atoms with Crippen molar-refractivity contribution in [2.75, 3.05) is 13.7 Å². The third kappa shape index (κ3) is 14.0. The Balaban J connectivity index is 1.61. The van der Waals surface area contributed by atoms with E-state index >= 15 is 0 Å². The highest BCUT2D eigenvalue weighted by atomic mass is 16.6. The summed E-state index contributed by atoms with van der Waals surface area (Å²) in [4.78, 5) is 56.7. The van der Waals surface area contributed by atoms with Gasteiger partial charge >= 0.3 is 5.97 Å². The number of amides is 1. The summed E-state index contributed by atoms with van der Waals surface area (Å²) in [5.41, 5.74) is 1.48. The van der Waals surface area contributed by atoms with E-state index in [1.54, 1.807) is 27.0 Å². The van der Waals surface area contributed by atoms with E-state index in [1.807, 2.05) is 65.0 Å². The molecule has 14 atom stereocenters. The van der Waals surface area contributed by atoms with Crippen LogP contribution >= 0.6 is 0 Å². The molecule has 0 aromatic carbocycles. The van der Waals surface area contributed by atoms with Gasteiger partial charge in [0.2, 0.25) is 5.91 Å². The van der Waals surface area contributed by atoms with Crippen molar-refractivity contribution < 1.29 is 53.8 Å². The molecule has 0 radical (unpaired) electrons. The van der Waals surface area contributed by atoms with Gasteiger partial charge in [-0.25, -0.2) is 4.79 Å². The highest BCUT2D eigenvalue weighted by molar-refractivity contribution is 5.87. The topological polar surface area (TPSA) is 180 Å². The van der Waals surface area contributed by atoms with Crippen LogP contribution in [0.3, 0.4) is 0 Å². The number of ether oxygens (including phenoxy) is 3. The minimum Gasteiger partial charge on any atom is -0.460 e. The minimum absolute atomic E-state index is 0.0537. The second-order valence-electron chi connectivity index (χ2n) is 18.8. The molecule has 3 fully saturated rings. The number of esters is 1. The van der Waals surface area contributed by atoms with E-state index < -0.39 is 54.0 Å². The molecule has 1 aliphatic carbocycles. The van der Waals surface area contributed by atoms with Gasteiger partial charge in [0.25, 0.3) is 0 Å². The van der Waals surface area contributed by atoms with Crippen LogP contribution < -0.4 is 0 Å². The Morgan fingerprint density at radius 3 is 2.30 bits per heavy atom. The van der Waals surface area contributed by atoms with Crippen molar-refractivity contribution in [1.29, 1.82) is 0 Å². The lowest BCUT2D eigenvalue weighted by atomic mass is 9.78. The highest BCUT2D eigenvalue weighted by Crippen LogP contribution is 2.39. The maximum Gasteiger partial charge on any atom is 0.329 e. The lowest BCUT2D eigenvalue weighted by molar-refractivity contribution is -0.283. The van der Waals surface area contributed by atoms with Gasteiger partial charge in [0.15, 0.2) is 5.79 Å². The van der Waals surface area contributed by atoms with Gasteiger partial charge in [0.05, 0.1) is 36.9 Å². The summed E-state index contributed by atoms with van der Waals surface area (Å²) < 4.78 is 18.4. The maximum absolute atomic E-state index is 14.1. The number of methoxy groups -OCH3 is 1. The molecule has 12 nitrogen and oxygen atoms in total. The number of hydrogen-bond donors (Lipinski definition) is 4. The first-order chi connectivity index (χ1) is 28.3. The standard InChI is InChI=1S/C48H75NO11/c1-29-13-10-9-11-14-30(2)44(58-8)25-37-18-16-35(7)48(57,60-37)28-46(55)49-20-12-15-38(49)47(56)59-45(34(6)23-36-17-19-39(50)43(54)24-36)27-42(53)33(5)22-32(4)41(52)26-40(51)31(3)21-29/h9-11,13-14,22,29,31,33-39,41,43-45,50,52,54,57H,12,15-21,23-28H2,1-8H3/b11-9+,13-10-,30-14+,32-22-/t29-,31-,33-,34-,35-,36?,37+,38+,39+,41+,43+,44+,45+,48+/m1/s1. The number of ketones is 2. The molecule has 338 valence electrons. The zero-order chi connectivity index (χ0) is 44.3. The maximum atomic E-state index is 14.1. The van der Waals surface area contributed by atoms with E-state index in [1.165, 1.54) is 4.90 Å². The van der Waals surface area contributed by atoms with Crippen molar-refractivity contribution in [2.24, 2.45) is 35.5 Å². The number of Topliss-reactive ketones (excluding diaryl/α,β-unsaturated/α-hetero) is 2. The van der Waals surface area contributed by atoms with Crippen LogP contribution in [0, 0.1) is 35.5 Å². The van der Waals surface area contributed by atoms with Crippen molar-refractivity contribution in [3.05, 3.63) is 47.6 Å². The fourth-order valence-corrected chi connectivity index (χ4v) is 9.47. The molecular weight excluding hydrogens is 767 g/mol. The number of hydrogen-bond acceptors (Lipinski definition) is 11. The fourth-order valence-electron chi connectivity index (χ4n) is 9.47. The number of aliphatic hydroxyl groups excluding tert-OH is 3. The molecule has 1 unspecified atom stereocenters. The smallest absolute Gasteiger partial charge is 0.329 e. The summed E-state index contributed by atoms with van der Waals surface area (Å²) in [5, 5.41) is 43.5. The third-order valence-electron chi connectivity index (χ3n) is 13.7. The molecule has 2 saturated heterocycles. The Hall–Kier alpha value is -3.00. The molecule has 4 N–H and O–H groups in total. The molecule has 12 heteroatoms. The molecule has 4 rings (SSSR count). The summed E-state index contributed by atoms with van der Waals surface area (Å²) in [6.45, 7) is 13.4. The van der Waals surface area contributed by atoms with Crippen molar-refractivity contribution >= 4 is 23.4 Å². The van der Waals surface area contributed by atoms with Crippen LogP contribution in [0.5, 0.6) is 0 Å². The molecule has 0 spiro atoms. The van der Waals surface area contributed by atoms with Gasteiger partial charge in [0.1, 0.15) is 23.7 Å². The number of fused-ring (bicyclic) bond motifs is 3. The highest BCUT2D eigenvalue weighted by Gasteiger charge is 2.47. The van der Waals surface area contributed by atoms with Gasteiger partial charge in [-0.15, -0.1) is 0 Å². The lowest BCUT2D eigenvalue weighted by Crippen LogP contribution is -2.52. The van der Waals surface area contributed by atoms with E-state index in [-0.39, 0.29) is 72.6 Å². The predicted octanol–water partition coefficient (Wildman–Crippen LogP) is 6.33. The predicted molar refractivity (Wildman–Crippen MR) is 229 cm³/mol. The van der Waals surface area contributed by atoms with E-state index in [4.69, 9.17) is 14.2 Å². The fraction of sp³-hybridized carbons (Fsp3) is 0.750. The molecule has 0 aromatic heterocycles. The molecule has 60 heavy (non-hydrogen) atoms. The number of carbonyl (C=O) groups excluding carboxylic acids is 4. The number of rotatable bonds is 4. The molecule has 0 aromatic rings. The van der Waals surface area contributed by atoms with Crippen molar-refractivity contribution in [3.8, 4) is 0 Å². The van der Waals surface area contributed by atoms with Crippen LogP contribution in [0.25, 0.3) is 0 Å². The van der Waals surface area contributed by atoms with E-state index in [2.05, 4.69) is 0 Å². The molecule has 1 amide bonds. The summed E-state index contributed by atoms with van der Waals surface area (Å²) in [7, 11) is 1.64. The van der Waals surface area contributed by atoms with E-state index in [0.29, 0.717) is 76.3 Å². The normalized spacial score (nSPS) is 41.3. The second-order valence-corrected chi connectivity index (χ2v) is 18.8. The zero-order valence-corrected chi connectivity index (χ0v) is 37.5. The average molecular weight is 842 g/mol. The van der Waals surface area contributed by atoms with Gasteiger partial charge in [-0.1, -0.05) is 71.1 Å². The van der Waals surface area contributed by atoms with Gasteiger partial charge in [-0.2, -0.15) is 0 Å². The van der Waals surface area contributed by atoms with Crippen LogP contribution in [0.2, 0.25) is 0 Å². The van der Waals surface area contributed by atoms with Crippen molar-refractivity contribution in [3.63, 3.8) is 0 Å². The summed E-state index contributed by atoms with van der Waals surface area (Å²) in [6.07, 6.45) is 12.3. The first kappa shape index (κ1) is 49.7. The SMILES string of the molecule is CO[C@H]1C[C@@H]2CC[C@@H](C)[C@](O)(CC(=O)N3CCC[C@H]3C(=O)O[C@H]([C@H](C)CC3CC[C@H](O)[C@@H](O)C3)CC(=O)[C@H](C)/C=C(/C)[C@@H](O)CC(=O)[C@H](C)C[C@H](C)\C=C/C=C/C=C/1C)O2. The average Bonchev–Trinajstić information content (AvgIpc) is 3.69. The zero-order valence-electron chi connectivity index (χ0n) is 37.5. The van der Waals surface area contributed by atoms with Crippen molar-refractivity contribution in [1.82, 2.24) is 4.90 Å². The molecule has 2 bridgehead atoms. The Morgan fingerprint density at radius 1 is 0.867 bits per heavy atom. The number of allylic oxidation sites excluding steroid dienone is 6. The molecule has 1 saturated carbocycles. The minimum atomic E-state index is -1.74. The van der Waals surface area contributed by atoms with Crippen LogP contribution in [0.15, 0.2) is 47.6 Å². The third-order valence-corrected chi connectivity index (χ3v) is 13.7. The largest absolute Gasteiger partial charge is 0.460 e. The van der Waals surface area contributed by atoms with E-state index in [0.717, 1.165) is 5.57 Å². The number of cyclic esters (lactones) is 1. The van der Waals surface area contributed by atoms with E-state index in [9.17, 15) is 39.6 Å². The summed E-state index contributed by atoms with van der Waals surface area (Å²) in [6, 6.07) is -0.894. The van der Waals surface area contributed by atoms with Crippen LogP contribution in [-0.4, -0.2) is 111 Å². The van der Waals surface area contributed by atoms with Gasteiger partial charge in [-0.3, -0.25) is 14.4 Å². The van der Waals surface area contributed by atoms with Crippen LogP contribution in [-0.2, 0) is 33.4 Å². The Kier molecular flexibility index (Phi) is 19.0. The van der Waals surface area contributed by atoms with Crippen LogP contribution in [0.4, 0.5) is 0 Å². The summed E-state index contributed by atoms with van der Waals surface area (Å²) in [5.74, 6) is -4.41. The number of aliphatic hydroxyl groups is 4. The van der Waals surface area contributed by atoms with Gasteiger partial charge in [0, 0.05) is 50.7 Å². The first-order valence-corrected chi connectivity index (χ1v) is 22.5. The van der Waals surface area contributed by atoms with Gasteiger partial charge < -0.3 is 39.5 Å². The molecule has 4 aliphatic rings. The first-order valence-electron chi connectivity index (χ1n) is 22.5. The Morgan fingerprint density at radius 2 is 1.60 bits per heavy atom. The summed E-state index contributed by atoms with van der Waals surface area (Å²) >= 11 is 0. The van der Waals surface area contributed by atoms with Gasteiger partial charge in [-0.05, 0) is 101 Å². The Labute approximate surface area is 358 Å². The monoisotopic (exact) mass is 842 g/mol. The lowest BCUT2D eigenvalue weighted by Gasteiger charge is -2.43. The number of nitrogens with zero attached hydrogens (tertiary/aromatic N) is 1. The Bertz CT molecular complexity index is 1590. The molecular formula is C48H75NO11. The second kappa shape index (κ2) is 22.9.